The molecule has 27 heavy (non-hydrogen) atoms. The number of hydrogen-bond donors (Lipinski definition) is 3. The summed E-state index contributed by atoms with van der Waals surface area (Å²) in [4.78, 5) is 49.0. The molecule has 1 aliphatic rings. The number of furan rings is 1. The number of Topliss-reactive ketones (excluding diaryl/α,β-unsaturated/α-hetero) is 1. The largest absolute Gasteiger partial charge is 0.459 e. The van der Waals surface area contributed by atoms with E-state index in [-0.39, 0.29) is 40.5 Å². The summed E-state index contributed by atoms with van der Waals surface area (Å²) in [6, 6.07) is 7.47. The third-order valence-electron chi connectivity index (χ3n) is 3.95. The van der Waals surface area contributed by atoms with Crippen LogP contribution in [0.1, 0.15) is 49.0 Å². The zero-order valence-corrected chi connectivity index (χ0v) is 14.0. The number of hydrazine groups is 1. The molecule has 0 fully saturated rings. The molecule has 9 heteroatoms. The summed E-state index contributed by atoms with van der Waals surface area (Å²) in [7, 11) is 0. The van der Waals surface area contributed by atoms with Crippen LogP contribution in [0, 0.1) is 0 Å². The van der Waals surface area contributed by atoms with Crippen LogP contribution in [0.3, 0.4) is 0 Å². The zero-order chi connectivity index (χ0) is 19.6. The second kappa shape index (κ2) is 7.26. The van der Waals surface area contributed by atoms with Crippen molar-refractivity contribution in [3.05, 3.63) is 70.4 Å². The number of carbonyl (C=O) groups excluding carboxylic acids is 4. The van der Waals surface area contributed by atoms with Crippen molar-refractivity contribution in [3.63, 3.8) is 0 Å². The summed E-state index contributed by atoms with van der Waals surface area (Å²) >= 11 is 0. The summed E-state index contributed by atoms with van der Waals surface area (Å²) in [5.74, 6) is 2.19. The van der Waals surface area contributed by atoms with Crippen molar-refractivity contribution in [2.45, 2.75) is 6.42 Å². The molecular formula is C18H15N3O6. The molecule has 0 unspecified atom stereocenters. The van der Waals surface area contributed by atoms with Gasteiger partial charge in [-0.05, 0) is 6.07 Å². The molecule has 138 valence electrons. The van der Waals surface area contributed by atoms with Crippen LogP contribution in [0.2, 0.25) is 0 Å². The van der Waals surface area contributed by atoms with E-state index in [2.05, 4.69) is 5.43 Å². The smallest absolute Gasteiger partial charge is 0.314 e. The van der Waals surface area contributed by atoms with Crippen LogP contribution in [0.25, 0.3) is 0 Å². The van der Waals surface area contributed by atoms with E-state index in [4.69, 9.17) is 20.7 Å². The van der Waals surface area contributed by atoms with Gasteiger partial charge in [0.2, 0.25) is 11.6 Å². The Labute approximate surface area is 152 Å². The summed E-state index contributed by atoms with van der Waals surface area (Å²) in [6.45, 7) is -0.236. The Morgan fingerprint density at radius 3 is 2.41 bits per heavy atom. The number of rotatable bonds is 6. The van der Waals surface area contributed by atoms with Gasteiger partial charge in [0.15, 0.2) is 17.3 Å². The minimum absolute atomic E-state index is 0.00361. The molecule has 2 aromatic rings. The van der Waals surface area contributed by atoms with Crippen molar-refractivity contribution in [1.82, 2.24) is 5.43 Å². The Morgan fingerprint density at radius 2 is 1.78 bits per heavy atom. The number of benzene rings is 1. The Hall–Kier alpha value is -3.72. The number of carbonyl (C=O) groups is 4. The Bertz CT molecular complexity index is 936. The normalized spacial score (nSPS) is 13.0. The van der Waals surface area contributed by atoms with Gasteiger partial charge in [-0.2, -0.15) is 0 Å². The molecule has 0 radical (unpaired) electrons. The van der Waals surface area contributed by atoms with Crippen LogP contribution < -0.4 is 17.0 Å². The van der Waals surface area contributed by atoms with Gasteiger partial charge < -0.3 is 20.3 Å². The predicted molar refractivity (Wildman–Crippen MR) is 91.5 cm³/mol. The number of fused-ring (bicyclic) bond motifs is 2. The highest BCUT2D eigenvalue weighted by molar-refractivity contribution is 6.28. The summed E-state index contributed by atoms with van der Waals surface area (Å²) in [5.41, 5.74) is 8.15. The van der Waals surface area contributed by atoms with E-state index in [1.165, 1.54) is 18.2 Å². The van der Waals surface area contributed by atoms with E-state index < -0.39 is 29.7 Å². The lowest BCUT2D eigenvalue weighted by Crippen LogP contribution is -2.26. The molecule has 0 atom stereocenters. The Kier molecular flexibility index (Phi) is 4.86. The van der Waals surface area contributed by atoms with Crippen molar-refractivity contribution in [2.24, 2.45) is 11.6 Å². The van der Waals surface area contributed by atoms with Crippen LogP contribution in [-0.4, -0.2) is 29.9 Å². The molecule has 1 aliphatic carbocycles. The Morgan fingerprint density at radius 1 is 1.11 bits per heavy atom. The zero-order valence-electron chi connectivity index (χ0n) is 14.0. The second-order valence-electron chi connectivity index (χ2n) is 5.65. The van der Waals surface area contributed by atoms with Crippen LogP contribution >= 0.6 is 0 Å². The molecule has 1 aromatic carbocycles. The molecular weight excluding hydrogens is 354 g/mol. The SMILES string of the molecule is N/C=C(/COC(=O)CC(=O)c1cc2c(o1)C(=O)c1ccccc1C2=O)NN. The van der Waals surface area contributed by atoms with E-state index in [1.807, 2.05) is 0 Å². The summed E-state index contributed by atoms with van der Waals surface area (Å²) in [5, 5.41) is 0. The van der Waals surface area contributed by atoms with Gasteiger partial charge in [0.1, 0.15) is 13.0 Å². The van der Waals surface area contributed by atoms with Crippen molar-refractivity contribution in [3.8, 4) is 0 Å². The lowest BCUT2D eigenvalue weighted by Gasteiger charge is -2.11. The maximum atomic E-state index is 12.5. The van der Waals surface area contributed by atoms with E-state index >= 15 is 0 Å². The fourth-order valence-corrected chi connectivity index (χ4v) is 2.58. The van der Waals surface area contributed by atoms with Crippen LogP contribution in [-0.2, 0) is 9.53 Å². The highest BCUT2D eigenvalue weighted by Crippen LogP contribution is 2.30. The van der Waals surface area contributed by atoms with Gasteiger partial charge in [0.25, 0.3) is 0 Å². The first-order valence-electron chi connectivity index (χ1n) is 7.84. The van der Waals surface area contributed by atoms with Crippen molar-refractivity contribution >= 4 is 23.3 Å². The van der Waals surface area contributed by atoms with Gasteiger partial charge in [-0.1, -0.05) is 24.3 Å². The fraction of sp³-hybridized carbons (Fsp3) is 0.111. The van der Waals surface area contributed by atoms with Gasteiger partial charge in [-0.25, -0.2) is 0 Å². The minimum atomic E-state index is -0.843. The molecule has 0 aliphatic heterocycles. The van der Waals surface area contributed by atoms with E-state index in [0.717, 1.165) is 6.20 Å². The molecule has 0 bridgehead atoms. The van der Waals surface area contributed by atoms with Gasteiger partial charge in [0.05, 0.1) is 11.3 Å². The highest BCUT2D eigenvalue weighted by Gasteiger charge is 2.34. The van der Waals surface area contributed by atoms with Gasteiger partial charge in [-0.15, -0.1) is 0 Å². The quantitative estimate of drug-likeness (QED) is 0.184. The van der Waals surface area contributed by atoms with Gasteiger partial charge in [0, 0.05) is 17.3 Å². The number of ketones is 3. The summed E-state index contributed by atoms with van der Waals surface area (Å²) in [6.07, 6.45) is 0.481. The fourth-order valence-electron chi connectivity index (χ4n) is 2.58. The molecule has 1 aromatic heterocycles. The molecule has 0 amide bonds. The second-order valence-corrected chi connectivity index (χ2v) is 5.65. The molecule has 9 nitrogen and oxygen atoms in total. The molecule has 0 spiro atoms. The first-order chi connectivity index (χ1) is 13.0. The lowest BCUT2D eigenvalue weighted by atomic mass is 9.88. The first-order valence-corrected chi connectivity index (χ1v) is 7.84. The maximum absolute atomic E-state index is 12.5. The molecule has 0 saturated carbocycles. The van der Waals surface area contributed by atoms with Crippen LogP contribution in [0.4, 0.5) is 0 Å². The standard InChI is InChI=1S/C18H15N3O6/c19-7-9(21-20)8-26-15(23)6-13(22)14-5-12-16(24)10-3-1-2-4-11(10)17(25)18(12)27-14/h1-5,7,21H,6,8,19-20H2/b9-7-. The Balaban J connectivity index is 1.76. The first kappa shape index (κ1) is 18.1. The van der Waals surface area contributed by atoms with Crippen molar-refractivity contribution < 1.29 is 28.3 Å². The third kappa shape index (κ3) is 3.35. The molecule has 0 saturated heterocycles. The highest BCUT2D eigenvalue weighted by atomic mass is 16.5. The lowest BCUT2D eigenvalue weighted by molar-refractivity contribution is -0.141. The number of hydrogen-bond acceptors (Lipinski definition) is 9. The number of nitrogens with one attached hydrogen (secondary N) is 1. The number of nitrogens with two attached hydrogens (primary N) is 2. The van der Waals surface area contributed by atoms with Gasteiger partial charge in [-0.3, -0.25) is 25.0 Å². The molecule has 1 heterocycles. The van der Waals surface area contributed by atoms with Crippen molar-refractivity contribution in [1.29, 1.82) is 0 Å². The minimum Gasteiger partial charge on any atom is -0.459 e. The summed E-state index contributed by atoms with van der Waals surface area (Å²) < 4.78 is 10.1. The average Bonchev–Trinajstić information content (AvgIpc) is 3.13. The topological polar surface area (TPSA) is 155 Å². The van der Waals surface area contributed by atoms with E-state index in [9.17, 15) is 19.2 Å². The van der Waals surface area contributed by atoms with E-state index in [0.29, 0.717) is 0 Å². The van der Waals surface area contributed by atoms with Crippen LogP contribution in [0.15, 0.2) is 46.6 Å². The maximum Gasteiger partial charge on any atom is 0.314 e. The molecule has 3 rings (SSSR count). The average molecular weight is 369 g/mol. The van der Waals surface area contributed by atoms with Crippen LogP contribution in [0.5, 0.6) is 0 Å². The number of ether oxygens (including phenoxy) is 1. The number of esters is 1. The van der Waals surface area contributed by atoms with Crippen molar-refractivity contribution in [2.75, 3.05) is 6.61 Å². The van der Waals surface area contributed by atoms with Gasteiger partial charge >= 0.3 is 5.97 Å². The molecule has 5 N–H and O–H groups in total. The van der Waals surface area contributed by atoms with E-state index in [1.54, 1.807) is 12.1 Å². The third-order valence-corrected chi connectivity index (χ3v) is 3.95. The predicted octanol–water partition coefficient (Wildman–Crippen LogP) is 0.434. The monoisotopic (exact) mass is 369 g/mol.